The molecule has 1 N–H and O–H groups in total. The monoisotopic (exact) mass is 500 g/mol. The Morgan fingerprint density at radius 2 is 1.89 bits per heavy atom. The number of ether oxygens (including phenoxy) is 2. The van der Waals surface area contributed by atoms with Gasteiger partial charge in [0.15, 0.2) is 6.61 Å². The molecule has 0 saturated carbocycles. The molecule has 0 fully saturated rings. The van der Waals surface area contributed by atoms with Gasteiger partial charge in [0, 0.05) is 11.9 Å². The molecule has 4 nitrogen and oxygen atoms in total. The summed E-state index contributed by atoms with van der Waals surface area (Å²) < 4.78 is 40.6. The number of alkyl halides is 2. The van der Waals surface area contributed by atoms with Crippen LogP contribution in [0, 0.1) is 6.92 Å². The van der Waals surface area contributed by atoms with Gasteiger partial charge in [-0.05, 0) is 97.2 Å². The van der Waals surface area contributed by atoms with Gasteiger partial charge in [0.2, 0.25) is 0 Å². The van der Waals surface area contributed by atoms with E-state index in [-0.39, 0.29) is 17.2 Å². The van der Waals surface area contributed by atoms with E-state index in [1.807, 2.05) is 25.1 Å². The molecule has 4 rings (SSSR count). The van der Waals surface area contributed by atoms with Crippen molar-refractivity contribution < 1.29 is 28.2 Å². The lowest BCUT2D eigenvalue weighted by molar-refractivity contribution is -0.139. The van der Waals surface area contributed by atoms with E-state index in [2.05, 4.69) is 0 Å². The van der Waals surface area contributed by atoms with Crippen molar-refractivity contribution in [2.24, 2.45) is 0 Å². The van der Waals surface area contributed by atoms with Crippen LogP contribution in [-0.4, -0.2) is 17.7 Å². The highest BCUT2D eigenvalue weighted by Crippen LogP contribution is 2.42. The Bertz CT molecular complexity index is 1240. The zero-order valence-corrected chi connectivity index (χ0v) is 20.4. The molecule has 7 heteroatoms. The lowest BCUT2D eigenvalue weighted by Crippen LogP contribution is -2.16. The molecule has 0 amide bonds. The third-order valence-electron chi connectivity index (χ3n) is 6.30. The Morgan fingerprint density at radius 3 is 2.60 bits per heavy atom. The minimum atomic E-state index is -3.09. The fraction of sp³-hybridized carbons (Fsp3) is 0.321. The lowest BCUT2D eigenvalue weighted by atomic mass is 9.79. The number of fused-ring (bicyclic) bond motifs is 1. The van der Waals surface area contributed by atoms with Gasteiger partial charge in [0.1, 0.15) is 17.2 Å². The molecule has 1 aliphatic carbocycles. The fourth-order valence-electron chi connectivity index (χ4n) is 4.67. The van der Waals surface area contributed by atoms with Gasteiger partial charge in [-0.25, -0.2) is 13.6 Å². The highest BCUT2D eigenvalue weighted by atomic mass is 35.5. The number of rotatable bonds is 8. The van der Waals surface area contributed by atoms with Crippen LogP contribution in [0.25, 0.3) is 0 Å². The first-order valence-corrected chi connectivity index (χ1v) is 11.9. The molecule has 0 saturated heterocycles. The van der Waals surface area contributed by atoms with E-state index in [0.717, 1.165) is 48.4 Å². The van der Waals surface area contributed by atoms with Crippen LogP contribution in [0.2, 0.25) is 5.02 Å². The molecular weight excluding hydrogens is 474 g/mol. The van der Waals surface area contributed by atoms with Crippen molar-refractivity contribution in [3.8, 4) is 17.2 Å². The number of carboxylic acids is 1. The lowest BCUT2D eigenvalue weighted by Gasteiger charge is -2.28. The standard InChI is InChI=1S/C28H27ClF2O4/c1-17-13-20(29)10-12-24(17)35-26-11-9-18(15-23(26)28(2,30)31)14-19-5-3-7-22-21(19)6-4-8-25(22)34-16-27(32)33/h4,6,8-13,15,19H,3,5,7,14,16H2,1-2H3,(H,32,33)/t19-/m0/s1. The molecule has 0 radical (unpaired) electrons. The Balaban J connectivity index is 1.61. The summed E-state index contributed by atoms with van der Waals surface area (Å²) in [4.78, 5) is 10.9. The molecule has 1 aliphatic rings. The number of hydrogen-bond acceptors (Lipinski definition) is 3. The predicted octanol–water partition coefficient (Wildman–Crippen LogP) is 7.68. The average molecular weight is 501 g/mol. The molecule has 0 spiro atoms. The van der Waals surface area contributed by atoms with E-state index in [1.165, 1.54) is 6.07 Å². The maximum Gasteiger partial charge on any atom is 0.341 e. The van der Waals surface area contributed by atoms with Gasteiger partial charge in [0.05, 0.1) is 5.56 Å². The number of carbonyl (C=O) groups is 1. The van der Waals surface area contributed by atoms with E-state index in [4.69, 9.17) is 26.2 Å². The van der Waals surface area contributed by atoms with Crippen molar-refractivity contribution in [1.82, 2.24) is 0 Å². The zero-order chi connectivity index (χ0) is 25.2. The van der Waals surface area contributed by atoms with Crippen molar-refractivity contribution in [2.75, 3.05) is 6.61 Å². The maximum absolute atomic E-state index is 14.6. The van der Waals surface area contributed by atoms with Gasteiger partial charge >= 0.3 is 5.97 Å². The molecule has 0 heterocycles. The van der Waals surface area contributed by atoms with Crippen molar-refractivity contribution in [1.29, 1.82) is 0 Å². The number of aliphatic carboxylic acids is 1. The number of aryl methyl sites for hydroxylation is 1. The van der Waals surface area contributed by atoms with Crippen LogP contribution in [0.4, 0.5) is 8.78 Å². The summed E-state index contributed by atoms with van der Waals surface area (Å²) in [6, 6.07) is 15.7. The van der Waals surface area contributed by atoms with Crippen LogP contribution in [-0.2, 0) is 23.6 Å². The van der Waals surface area contributed by atoms with E-state index in [9.17, 15) is 13.6 Å². The summed E-state index contributed by atoms with van der Waals surface area (Å²) in [6.07, 6.45) is 3.21. The highest BCUT2D eigenvalue weighted by molar-refractivity contribution is 6.30. The molecule has 35 heavy (non-hydrogen) atoms. The smallest absolute Gasteiger partial charge is 0.341 e. The summed E-state index contributed by atoms with van der Waals surface area (Å²) in [5.41, 5.74) is 3.47. The summed E-state index contributed by atoms with van der Waals surface area (Å²) in [7, 11) is 0. The van der Waals surface area contributed by atoms with E-state index < -0.39 is 18.5 Å². The van der Waals surface area contributed by atoms with Crippen molar-refractivity contribution >= 4 is 17.6 Å². The summed E-state index contributed by atoms with van der Waals surface area (Å²) in [5.74, 6) is -2.83. The van der Waals surface area contributed by atoms with Crippen molar-refractivity contribution in [3.05, 3.63) is 87.4 Å². The summed E-state index contributed by atoms with van der Waals surface area (Å²) >= 11 is 6.00. The van der Waals surface area contributed by atoms with Crippen LogP contribution in [0.1, 0.15) is 53.5 Å². The summed E-state index contributed by atoms with van der Waals surface area (Å²) in [5, 5.41) is 9.51. The average Bonchev–Trinajstić information content (AvgIpc) is 2.80. The van der Waals surface area contributed by atoms with Crippen molar-refractivity contribution in [3.63, 3.8) is 0 Å². The third kappa shape index (κ3) is 5.93. The molecule has 0 aromatic heterocycles. The Kier molecular flexibility index (Phi) is 7.31. The molecule has 184 valence electrons. The van der Waals surface area contributed by atoms with Crippen LogP contribution in [0.15, 0.2) is 54.6 Å². The molecule has 0 unspecified atom stereocenters. The van der Waals surface area contributed by atoms with Crippen molar-refractivity contribution in [2.45, 2.75) is 51.4 Å². The van der Waals surface area contributed by atoms with Crippen LogP contribution in [0.3, 0.4) is 0 Å². The van der Waals surface area contributed by atoms with Crippen LogP contribution < -0.4 is 9.47 Å². The SMILES string of the molecule is Cc1cc(Cl)ccc1Oc1ccc(C[C@@H]2CCCc3c(OCC(=O)O)cccc32)cc1C(C)(F)F. The van der Waals surface area contributed by atoms with Gasteiger partial charge in [0.25, 0.3) is 5.92 Å². The molecule has 0 bridgehead atoms. The Morgan fingerprint density at radius 1 is 1.11 bits per heavy atom. The van der Waals surface area contributed by atoms with Gasteiger partial charge in [-0.3, -0.25) is 0 Å². The van der Waals surface area contributed by atoms with Gasteiger partial charge < -0.3 is 14.6 Å². The number of hydrogen-bond donors (Lipinski definition) is 1. The second-order valence-corrected chi connectivity index (χ2v) is 9.47. The zero-order valence-electron chi connectivity index (χ0n) is 19.6. The minimum Gasteiger partial charge on any atom is -0.482 e. The first-order valence-electron chi connectivity index (χ1n) is 11.5. The minimum absolute atomic E-state index is 0.111. The quantitative estimate of drug-likeness (QED) is 0.344. The molecule has 0 aliphatic heterocycles. The largest absolute Gasteiger partial charge is 0.482 e. The van der Waals surface area contributed by atoms with Gasteiger partial charge in [-0.15, -0.1) is 0 Å². The first-order chi connectivity index (χ1) is 16.6. The van der Waals surface area contributed by atoms with E-state index in [1.54, 1.807) is 30.3 Å². The Labute approximate surface area is 208 Å². The molecule has 1 atom stereocenters. The van der Waals surface area contributed by atoms with Gasteiger partial charge in [-0.1, -0.05) is 29.8 Å². The molecule has 3 aromatic rings. The van der Waals surface area contributed by atoms with Crippen LogP contribution >= 0.6 is 11.6 Å². The topological polar surface area (TPSA) is 55.8 Å². The van der Waals surface area contributed by atoms with Crippen LogP contribution in [0.5, 0.6) is 17.2 Å². The maximum atomic E-state index is 14.6. The van der Waals surface area contributed by atoms with Gasteiger partial charge in [-0.2, -0.15) is 0 Å². The second-order valence-electron chi connectivity index (χ2n) is 9.03. The number of benzene rings is 3. The third-order valence-corrected chi connectivity index (χ3v) is 6.53. The number of halogens is 3. The normalized spacial score (nSPS) is 15.4. The predicted molar refractivity (Wildman–Crippen MR) is 131 cm³/mol. The number of carboxylic acid groups (broad SMARTS) is 1. The van der Waals surface area contributed by atoms with E-state index >= 15 is 0 Å². The fourth-order valence-corrected chi connectivity index (χ4v) is 4.89. The molecule has 3 aromatic carbocycles. The summed E-state index contributed by atoms with van der Waals surface area (Å²) in [6.45, 7) is 2.29. The molecular formula is C28H27ClF2O4. The second kappa shape index (κ2) is 10.2. The highest BCUT2D eigenvalue weighted by Gasteiger charge is 2.30. The Hall–Kier alpha value is -3.12. The first kappa shape index (κ1) is 25.0. The van der Waals surface area contributed by atoms with E-state index in [0.29, 0.717) is 22.9 Å².